The molecule has 29 heavy (non-hydrogen) atoms. The van der Waals surface area contributed by atoms with E-state index in [9.17, 15) is 0 Å². The molecule has 0 spiro atoms. The second kappa shape index (κ2) is 9.81. The van der Waals surface area contributed by atoms with Gasteiger partial charge in [0.1, 0.15) is 22.8 Å². The molecule has 4 nitrogen and oxygen atoms in total. The number of hydrogen-bond acceptors (Lipinski definition) is 4. The van der Waals surface area contributed by atoms with Crippen LogP contribution in [0.5, 0.6) is 17.2 Å². The van der Waals surface area contributed by atoms with Gasteiger partial charge >= 0.3 is 0 Å². The molecular weight excluding hydrogens is 432 g/mol. The second-order valence-corrected chi connectivity index (χ2v) is 7.20. The Balaban J connectivity index is 2.23. The highest BCUT2D eigenvalue weighted by atomic mass is 79.9. The molecule has 3 aromatic rings. The lowest BCUT2D eigenvalue weighted by atomic mass is 9.80. The van der Waals surface area contributed by atoms with Crippen LogP contribution in [0.1, 0.15) is 16.7 Å². The van der Waals surface area contributed by atoms with Gasteiger partial charge in [0.2, 0.25) is 0 Å². The fourth-order valence-electron chi connectivity index (χ4n) is 3.42. The first kappa shape index (κ1) is 21.2. The Morgan fingerprint density at radius 3 is 1.14 bits per heavy atom. The molecule has 0 unspecified atom stereocenters. The molecule has 0 amide bonds. The molecular formula is C24H25BrO4. The lowest BCUT2D eigenvalue weighted by molar-refractivity contribution is 0.0237. The molecule has 0 aliphatic carbocycles. The lowest BCUT2D eigenvalue weighted by Gasteiger charge is -2.36. The molecule has 152 valence electrons. The largest absolute Gasteiger partial charge is 0.497 e. The molecule has 0 fully saturated rings. The van der Waals surface area contributed by atoms with E-state index in [1.165, 1.54) is 0 Å². The average Bonchev–Trinajstić information content (AvgIpc) is 2.80. The van der Waals surface area contributed by atoms with Crippen LogP contribution in [0.3, 0.4) is 0 Å². The van der Waals surface area contributed by atoms with E-state index < -0.39 is 5.60 Å². The Morgan fingerprint density at radius 1 is 0.586 bits per heavy atom. The molecule has 0 aromatic heterocycles. The summed E-state index contributed by atoms with van der Waals surface area (Å²) in [4.78, 5) is 0. The first-order chi connectivity index (χ1) is 14.2. The Bertz CT molecular complexity index is 774. The number of halogens is 1. The van der Waals surface area contributed by atoms with Crippen LogP contribution >= 0.6 is 15.9 Å². The highest BCUT2D eigenvalue weighted by molar-refractivity contribution is 9.09. The molecule has 0 aliphatic rings. The highest BCUT2D eigenvalue weighted by Gasteiger charge is 2.37. The molecule has 3 aromatic carbocycles. The first-order valence-corrected chi connectivity index (χ1v) is 10.4. The maximum atomic E-state index is 6.59. The SMILES string of the molecule is COc1ccc(C(OCCBr)(c2ccc(OC)cc2)c2ccc(OC)cc2)cc1. The monoisotopic (exact) mass is 456 g/mol. The predicted molar refractivity (Wildman–Crippen MR) is 119 cm³/mol. The van der Waals surface area contributed by atoms with Gasteiger partial charge in [-0.2, -0.15) is 0 Å². The van der Waals surface area contributed by atoms with Crippen LogP contribution in [0, 0.1) is 0 Å². The van der Waals surface area contributed by atoms with Gasteiger partial charge in [0.15, 0.2) is 0 Å². The van der Waals surface area contributed by atoms with Crippen molar-refractivity contribution in [3.8, 4) is 17.2 Å². The topological polar surface area (TPSA) is 36.9 Å². The third-order valence-corrected chi connectivity index (χ3v) is 5.21. The molecule has 0 saturated heterocycles. The van der Waals surface area contributed by atoms with E-state index in [4.69, 9.17) is 18.9 Å². The maximum Gasteiger partial charge on any atom is 0.143 e. The summed E-state index contributed by atoms with van der Waals surface area (Å²) < 4.78 is 22.6. The molecule has 0 N–H and O–H groups in total. The Labute approximate surface area is 180 Å². The van der Waals surface area contributed by atoms with Crippen molar-refractivity contribution in [3.05, 3.63) is 89.5 Å². The second-order valence-electron chi connectivity index (χ2n) is 6.40. The van der Waals surface area contributed by atoms with E-state index in [2.05, 4.69) is 15.9 Å². The van der Waals surface area contributed by atoms with Crippen molar-refractivity contribution in [1.29, 1.82) is 0 Å². The number of alkyl halides is 1. The van der Waals surface area contributed by atoms with Crippen molar-refractivity contribution in [2.45, 2.75) is 5.60 Å². The van der Waals surface area contributed by atoms with E-state index in [-0.39, 0.29) is 0 Å². The summed E-state index contributed by atoms with van der Waals surface area (Å²) in [6.45, 7) is 0.532. The number of rotatable bonds is 9. The Morgan fingerprint density at radius 2 is 0.897 bits per heavy atom. The summed E-state index contributed by atoms with van der Waals surface area (Å²) in [6, 6.07) is 24.0. The van der Waals surface area contributed by atoms with Crippen LogP contribution in [0.25, 0.3) is 0 Å². The number of benzene rings is 3. The quantitative estimate of drug-likeness (QED) is 0.318. The molecule has 0 aliphatic heterocycles. The first-order valence-electron chi connectivity index (χ1n) is 9.31. The minimum absolute atomic E-state index is 0.532. The number of methoxy groups -OCH3 is 3. The minimum Gasteiger partial charge on any atom is -0.497 e. The summed E-state index contributed by atoms with van der Waals surface area (Å²) in [5.74, 6) is 2.40. The average molecular weight is 457 g/mol. The minimum atomic E-state index is -0.793. The molecule has 5 heteroatoms. The zero-order valence-electron chi connectivity index (χ0n) is 16.9. The van der Waals surface area contributed by atoms with E-state index in [1.54, 1.807) is 21.3 Å². The van der Waals surface area contributed by atoms with Gasteiger partial charge in [-0.05, 0) is 53.1 Å². The van der Waals surface area contributed by atoms with Crippen molar-refractivity contribution >= 4 is 15.9 Å². The van der Waals surface area contributed by atoms with Crippen LogP contribution in [0.15, 0.2) is 72.8 Å². The number of ether oxygens (including phenoxy) is 4. The van der Waals surface area contributed by atoms with Gasteiger partial charge in [0, 0.05) is 5.33 Å². The van der Waals surface area contributed by atoms with Crippen LogP contribution in [0.2, 0.25) is 0 Å². The van der Waals surface area contributed by atoms with Crippen LogP contribution in [-0.2, 0) is 10.3 Å². The standard InChI is InChI=1S/C24H25BrO4/c1-26-21-10-4-18(5-11-21)24(29-17-16-25,19-6-12-22(27-2)13-7-19)20-8-14-23(28-3)15-9-20/h4-15H,16-17H2,1-3H3. The zero-order valence-corrected chi connectivity index (χ0v) is 18.4. The van der Waals surface area contributed by atoms with Gasteiger partial charge in [-0.25, -0.2) is 0 Å². The number of hydrogen-bond donors (Lipinski definition) is 0. The fourth-order valence-corrected chi connectivity index (χ4v) is 3.58. The smallest absolute Gasteiger partial charge is 0.143 e. The normalized spacial score (nSPS) is 11.2. The maximum absolute atomic E-state index is 6.59. The van der Waals surface area contributed by atoms with Crippen molar-refractivity contribution in [3.63, 3.8) is 0 Å². The summed E-state index contributed by atoms with van der Waals surface area (Å²) in [6.07, 6.45) is 0. The van der Waals surface area contributed by atoms with Crippen molar-refractivity contribution in [2.75, 3.05) is 33.3 Å². The molecule has 3 rings (SSSR count). The fraction of sp³-hybridized carbons (Fsp3) is 0.250. The van der Waals surface area contributed by atoms with E-state index in [0.29, 0.717) is 6.61 Å². The van der Waals surface area contributed by atoms with Gasteiger partial charge in [-0.1, -0.05) is 52.3 Å². The van der Waals surface area contributed by atoms with Crippen molar-refractivity contribution in [1.82, 2.24) is 0 Å². The van der Waals surface area contributed by atoms with Gasteiger partial charge in [0.05, 0.1) is 27.9 Å². The van der Waals surface area contributed by atoms with E-state index >= 15 is 0 Å². The third kappa shape index (κ3) is 4.41. The molecule has 0 heterocycles. The molecule has 0 radical (unpaired) electrons. The Kier molecular flexibility index (Phi) is 7.18. The van der Waals surface area contributed by atoms with Gasteiger partial charge in [-0.15, -0.1) is 0 Å². The third-order valence-electron chi connectivity index (χ3n) is 4.89. The molecule has 0 saturated carbocycles. The van der Waals surface area contributed by atoms with E-state index in [1.807, 2.05) is 72.8 Å². The van der Waals surface area contributed by atoms with Gasteiger partial charge < -0.3 is 18.9 Å². The van der Waals surface area contributed by atoms with Gasteiger partial charge in [0.25, 0.3) is 0 Å². The predicted octanol–water partition coefficient (Wildman–Crippen LogP) is 5.42. The van der Waals surface area contributed by atoms with Crippen LogP contribution in [0.4, 0.5) is 0 Å². The summed E-state index contributed by atoms with van der Waals surface area (Å²) in [5, 5.41) is 0.719. The highest BCUT2D eigenvalue weighted by Crippen LogP contribution is 2.42. The summed E-state index contributed by atoms with van der Waals surface area (Å²) in [5.41, 5.74) is 2.23. The van der Waals surface area contributed by atoms with Crippen LogP contribution < -0.4 is 14.2 Å². The van der Waals surface area contributed by atoms with Crippen molar-refractivity contribution in [2.24, 2.45) is 0 Å². The summed E-state index contributed by atoms with van der Waals surface area (Å²) >= 11 is 3.50. The van der Waals surface area contributed by atoms with E-state index in [0.717, 1.165) is 39.3 Å². The van der Waals surface area contributed by atoms with Crippen LogP contribution in [-0.4, -0.2) is 33.3 Å². The summed E-state index contributed by atoms with van der Waals surface area (Å²) in [7, 11) is 4.99. The lowest BCUT2D eigenvalue weighted by Crippen LogP contribution is -2.33. The zero-order chi connectivity index (χ0) is 20.7. The Hall–Kier alpha value is -2.50. The molecule has 0 atom stereocenters. The van der Waals surface area contributed by atoms with Crippen molar-refractivity contribution < 1.29 is 18.9 Å². The van der Waals surface area contributed by atoms with Gasteiger partial charge in [-0.3, -0.25) is 0 Å². The molecule has 0 bridgehead atoms.